The fourth-order valence-corrected chi connectivity index (χ4v) is 8.54. The Hall–Kier alpha value is -7.11. The summed E-state index contributed by atoms with van der Waals surface area (Å²) in [5, 5.41) is 8.98. The molecule has 5 heterocycles. The third-order valence-electron chi connectivity index (χ3n) is 10.8. The van der Waals surface area contributed by atoms with E-state index in [1.54, 1.807) is 0 Å². The molecule has 0 bridgehead atoms. The zero-order valence-corrected chi connectivity index (χ0v) is 27.7. The summed E-state index contributed by atoms with van der Waals surface area (Å²) < 4.78 is 18.0. The topological polar surface area (TPSA) is 49.0 Å². The lowest BCUT2D eigenvalue weighted by molar-refractivity contribution is 0.669. The summed E-state index contributed by atoms with van der Waals surface area (Å²) in [7, 11) is 0. The zero-order valence-electron chi connectivity index (χ0n) is 27.7. The molecule has 12 aromatic rings. The van der Waals surface area contributed by atoms with Crippen molar-refractivity contribution >= 4 is 87.5 Å². The minimum Gasteiger partial charge on any atom is -0.456 e. The number of fused-ring (bicyclic) bond motifs is 14. The van der Waals surface area contributed by atoms with Gasteiger partial charge in [-0.05, 0) is 84.9 Å². The Morgan fingerprint density at radius 3 is 1.69 bits per heavy atom. The normalized spacial score (nSPS) is 12.2. The average Bonchev–Trinajstić information content (AvgIpc) is 3.95. The van der Waals surface area contributed by atoms with Gasteiger partial charge in [0.2, 0.25) is 0 Å². The first kappa shape index (κ1) is 27.7. The van der Waals surface area contributed by atoms with Crippen LogP contribution < -0.4 is 0 Å². The van der Waals surface area contributed by atoms with Crippen LogP contribution in [0.1, 0.15) is 0 Å². The molecule has 5 nitrogen and oxygen atoms in total. The van der Waals surface area contributed by atoms with Crippen LogP contribution in [0.15, 0.2) is 173 Å². The highest BCUT2D eigenvalue weighted by molar-refractivity contribution is 6.29. The van der Waals surface area contributed by atoms with Crippen LogP contribution in [0.4, 0.5) is 0 Å². The van der Waals surface area contributed by atoms with Gasteiger partial charge in [0.15, 0.2) is 0 Å². The zero-order chi connectivity index (χ0) is 33.9. The summed E-state index contributed by atoms with van der Waals surface area (Å²) in [4.78, 5) is 4.62. The van der Waals surface area contributed by atoms with E-state index in [2.05, 4.69) is 148 Å². The number of benzene rings is 7. The molecular formula is C47H27N3O2. The second kappa shape index (κ2) is 10.2. The average molecular weight is 666 g/mol. The first-order chi connectivity index (χ1) is 25.8. The van der Waals surface area contributed by atoms with Crippen LogP contribution in [0.25, 0.3) is 110 Å². The number of furan rings is 2. The van der Waals surface area contributed by atoms with Crippen molar-refractivity contribution in [1.29, 1.82) is 0 Å². The summed E-state index contributed by atoms with van der Waals surface area (Å²) in [5.41, 5.74) is 12.2. The molecule has 0 aliphatic carbocycles. The molecule has 0 saturated heterocycles. The Morgan fingerprint density at radius 1 is 0.385 bits per heavy atom. The van der Waals surface area contributed by atoms with Gasteiger partial charge in [-0.25, -0.2) is 0 Å². The quantitative estimate of drug-likeness (QED) is 0.189. The molecule has 242 valence electrons. The first-order valence-corrected chi connectivity index (χ1v) is 17.5. The van der Waals surface area contributed by atoms with Crippen molar-refractivity contribution in [3.63, 3.8) is 0 Å². The van der Waals surface area contributed by atoms with Gasteiger partial charge in [-0.1, -0.05) is 72.8 Å². The number of rotatable bonds is 3. The van der Waals surface area contributed by atoms with Crippen molar-refractivity contribution in [2.45, 2.75) is 0 Å². The summed E-state index contributed by atoms with van der Waals surface area (Å²) >= 11 is 0. The molecule has 0 N–H and O–H groups in total. The highest BCUT2D eigenvalue weighted by Crippen LogP contribution is 2.45. The van der Waals surface area contributed by atoms with E-state index in [0.29, 0.717) is 0 Å². The maximum absolute atomic E-state index is 7.15. The van der Waals surface area contributed by atoms with Crippen molar-refractivity contribution in [2.75, 3.05) is 0 Å². The van der Waals surface area contributed by atoms with E-state index in [0.717, 1.165) is 110 Å². The van der Waals surface area contributed by atoms with Crippen LogP contribution in [-0.4, -0.2) is 14.1 Å². The largest absolute Gasteiger partial charge is 0.456 e. The number of pyridine rings is 1. The first-order valence-electron chi connectivity index (χ1n) is 17.5. The SMILES string of the molecule is c1ccc(-c2cccc(-n3c4ccccc4c4c5oc6c(ccc7c6c6ccccc6n7-c6ccc7oc8ccccc8c7c6)c5ccc43)c2)nc1. The number of nitrogens with zero attached hydrogens (tertiary/aromatic N) is 3. The van der Waals surface area contributed by atoms with Gasteiger partial charge < -0.3 is 18.0 Å². The van der Waals surface area contributed by atoms with E-state index < -0.39 is 0 Å². The monoisotopic (exact) mass is 665 g/mol. The Morgan fingerprint density at radius 2 is 1.00 bits per heavy atom. The van der Waals surface area contributed by atoms with Crippen LogP contribution in [0, 0.1) is 0 Å². The van der Waals surface area contributed by atoms with E-state index in [-0.39, 0.29) is 0 Å². The molecule has 52 heavy (non-hydrogen) atoms. The van der Waals surface area contributed by atoms with Crippen LogP contribution >= 0.6 is 0 Å². The van der Waals surface area contributed by atoms with E-state index in [1.807, 2.05) is 30.5 Å². The fraction of sp³-hybridized carbons (Fsp3) is 0. The Kier molecular flexibility index (Phi) is 5.44. The maximum Gasteiger partial charge on any atom is 0.145 e. The molecule has 12 rings (SSSR count). The predicted octanol–water partition coefficient (Wildman–Crippen LogP) is 12.7. The van der Waals surface area contributed by atoms with Crippen molar-refractivity contribution in [2.24, 2.45) is 0 Å². The Labute approximate surface area is 296 Å². The molecule has 0 unspecified atom stereocenters. The van der Waals surface area contributed by atoms with E-state index in [4.69, 9.17) is 8.83 Å². The molecule has 0 spiro atoms. The summed E-state index contributed by atoms with van der Waals surface area (Å²) in [5.74, 6) is 0. The van der Waals surface area contributed by atoms with Gasteiger partial charge in [0, 0.05) is 55.5 Å². The molecule has 5 heteroatoms. The number of aromatic nitrogens is 3. The van der Waals surface area contributed by atoms with Gasteiger partial charge in [-0.3, -0.25) is 4.98 Å². The Balaban J connectivity index is 1.14. The molecular weight excluding hydrogens is 639 g/mol. The minimum atomic E-state index is 0.886. The highest BCUT2D eigenvalue weighted by atomic mass is 16.3. The second-order valence-electron chi connectivity index (χ2n) is 13.5. The van der Waals surface area contributed by atoms with Gasteiger partial charge >= 0.3 is 0 Å². The highest BCUT2D eigenvalue weighted by Gasteiger charge is 2.23. The van der Waals surface area contributed by atoms with Crippen LogP contribution in [0.2, 0.25) is 0 Å². The molecule has 0 aliphatic heterocycles. The van der Waals surface area contributed by atoms with Crippen molar-refractivity contribution in [3.05, 3.63) is 164 Å². The van der Waals surface area contributed by atoms with E-state index >= 15 is 0 Å². The molecule has 0 fully saturated rings. The second-order valence-corrected chi connectivity index (χ2v) is 13.5. The molecule has 0 radical (unpaired) electrons. The molecule has 7 aromatic carbocycles. The van der Waals surface area contributed by atoms with Gasteiger partial charge in [-0.2, -0.15) is 0 Å². The summed E-state index contributed by atoms with van der Waals surface area (Å²) in [6.45, 7) is 0. The predicted molar refractivity (Wildman–Crippen MR) is 213 cm³/mol. The van der Waals surface area contributed by atoms with Crippen LogP contribution in [-0.2, 0) is 0 Å². The van der Waals surface area contributed by atoms with Crippen molar-refractivity contribution < 1.29 is 8.83 Å². The maximum atomic E-state index is 7.15. The van der Waals surface area contributed by atoms with Crippen molar-refractivity contribution in [1.82, 2.24) is 14.1 Å². The number of hydrogen-bond acceptors (Lipinski definition) is 3. The Bertz CT molecular complexity index is 3410. The summed E-state index contributed by atoms with van der Waals surface area (Å²) in [6.07, 6.45) is 1.84. The van der Waals surface area contributed by atoms with Gasteiger partial charge in [0.25, 0.3) is 0 Å². The standard InChI is InChI=1S/C47H27N3O2/c1-4-16-38-34(13-1)44-40(49(38)29-11-9-10-28(26-29)37-15-7-8-25-48-37)22-20-32-33-21-23-41-45(47(33)52-46(32)44)35-14-2-5-17-39(35)50(41)30-19-24-43-36(27-30)31-12-3-6-18-42(31)51-43/h1-27H. The minimum absolute atomic E-state index is 0.886. The number of hydrogen-bond donors (Lipinski definition) is 0. The smallest absolute Gasteiger partial charge is 0.145 e. The molecule has 0 amide bonds. The number of para-hydroxylation sites is 3. The van der Waals surface area contributed by atoms with E-state index in [9.17, 15) is 0 Å². The lowest BCUT2D eigenvalue weighted by Gasteiger charge is -2.10. The van der Waals surface area contributed by atoms with E-state index in [1.165, 1.54) is 0 Å². The van der Waals surface area contributed by atoms with Crippen LogP contribution in [0.3, 0.4) is 0 Å². The molecule has 0 saturated carbocycles. The third-order valence-corrected chi connectivity index (χ3v) is 10.8. The lowest BCUT2D eigenvalue weighted by Crippen LogP contribution is -1.94. The molecule has 0 atom stereocenters. The van der Waals surface area contributed by atoms with Gasteiger partial charge in [0.1, 0.15) is 22.3 Å². The van der Waals surface area contributed by atoms with Gasteiger partial charge in [0.05, 0.1) is 38.5 Å². The van der Waals surface area contributed by atoms with Crippen molar-refractivity contribution in [3.8, 4) is 22.6 Å². The third kappa shape index (κ3) is 3.69. The lowest BCUT2D eigenvalue weighted by atomic mass is 10.1. The fourth-order valence-electron chi connectivity index (χ4n) is 8.54. The molecule has 0 aliphatic rings. The van der Waals surface area contributed by atoms with Gasteiger partial charge in [-0.15, -0.1) is 0 Å². The molecule has 5 aromatic heterocycles. The van der Waals surface area contributed by atoms with Crippen LogP contribution in [0.5, 0.6) is 0 Å². The summed E-state index contributed by atoms with van der Waals surface area (Å²) in [6, 6.07) is 55.6.